The zero-order chi connectivity index (χ0) is 29.6. The molecule has 0 aromatic heterocycles. The van der Waals surface area contributed by atoms with E-state index in [1.165, 1.54) is 6.92 Å². The number of nitrogens with one attached hydrogen (secondary N) is 3. The van der Waals surface area contributed by atoms with Crippen LogP contribution in [0.25, 0.3) is 0 Å². The lowest BCUT2D eigenvalue weighted by atomic mass is 9.83. The Morgan fingerprint density at radius 3 is 2.40 bits per heavy atom. The van der Waals surface area contributed by atoms with Gasteiger partial charge in [0, 0.05) is 18.6 Å². The van der Waals surface area contributed by atoms with Gasteiger partial charge >= 0.3 is 0 Å². The highest BCUT2D eigenvalue weighted by atomic mass is 16.7. The van der Waals surface area contributed by atoms with Crippen molar-refractivity contribution in [2.45, 2.75) is 98.8 Å². The maximum absolute atomic E-state index is 11.5. The molecule has 0 aromatic carbocycles. The molecule has 2 heterocycles. The predicted molar refractivity (Wildman–Crippen MR) is 141 cm³/mol. The Labute approximate surface area is 233 Å². The molecule has 12 atom stereocenters. The minimum atomic E-state index is -1.37. The molecule has 16 nitrogen and oxygen atoms in total. The zero-order valence-corrected chi connectivity index (χ0v) is 23.0. The first-order chi connectivity index (χ1) is 18.9. The van der Waals surface area contributed by atoms with Crippen molar-refractivity contribution in [1.29, 1.82) is 0 Å². The Morgan fingerprint density at radius 2 is 1.77 bits per heavy atom. The van der Waals surface area contributed by atoms with Crippen molar-refractivity contribution < 1.29 is 49.6 Å². The standard InChI is InChI=1S/C24H48N6O10/c1-24(36)10-37-23(18(35)21(24)28-2)40-20-15(30-11(8-31)9-32)5-14(26)19(17(20)34)39-22-13(25)4-3-12(38-22)6-29-7-16(27)33/h3,11,13-23,28-36H,4-10,25-27H2,1-2H3/t13-,14+,15-,16?,17+,18-,19?,20+,21-,22-,23-,24+/m1/s1. The van der Waals surface area contributed by atoms with Gasteiger partial charge in [-0.2, -0.15) is 0 Å². The molecule has 0 radical (unpaired) electrons. The molecule has 40 heavy (non-hydrogen) atoms. The molecule has 0 spiro atoms. The van der Waals surface area contributed by atoms with E-state index < -0.39 is 79.0 Å². The fourth-order valence-corrected chi connectivity index (χ4v) is 5.35. The molecule has 3 rings (SSSR count). The molecular weight excluding hydrogens is 532 g/mol. The molecule has 1 aliphatic carbocycles. The summed E-state index contributed by atoms with van der Waals surface area (Å²) in [5, 5.41) is 70.4. The van der Waals surface area contributed by atoms with Gasteiger partial charge in [-0.05, 0) is 32.9 Å². The van der Waals surface area contributed by atoms with Crippen LogP contribution in [0.5, 0.6) is 0 Å². The molecule has 2 aliphatic heterocycles. The summed E-state index contributed by atoms with van der Waals surface area (Å²) in [6.45, 7) is 1.04. The maximum atomic E-state index is 11.5. The molecule has 3 aliphatic rings. The summed E-state index contributed by atoms with van der Waals surface area (Å²) in [6, 6.07) is -3.48. The van der Waals surface area contributed by atoms with E-state index in [1.54, 1.807) is 13.1 Å². The minimum Gasteiger partial charge on any atom is -0.467 e. The Balaban J connectivity index is 1.76. The van der Waals surface area contributed by atoms with Crippen LogP contribution in [0.4, 0.5) is 0 Å². The van der Waals surface area contributed by atoms with E-state index in [-0.39, 0.29) is 39.3 Å². The Morgan fingerprint density at radius 1 is 1.10 bits per heavy atom. The number of ether oxygens (including phenoxy) is 4. The number of hydrogen-bond acceptors (Lipinski definition) is 16. The number of aliphatic hydroxyl groups is 6. The fourth-order valence-electron chi connectivity index (χ4n) is 5.35. The zero-order valence-electron chi connectivity index (χ0n) is 23.0. The highest BCUT2D eigenvalue weighted by Crippen LogP contribution is 2.32. The van der Waals surface area contributed by atoms with Crippen molar-refractivity contribution in [1.82, 2.24) is 16.0 Å². The first-order valence-electron chi connectivity index (χ1n) is 13.6. The second-order valence-electron chi connectivity index (χ2n) is 11.0. The normalized spacial score (nSPS) is 41.5. The van der Waals surface area contributed by atoms with E-state index in [0.717, 1.165) is 0 Å². The van der Waals surface area contributed by atoms with Gasteiger partial charge in [0.25, 0.3) is 0 Å². The number of rotatable bonds is 13. The second-order valence-corrected chi connectivity index (χ2v) is 11.0. The molecule has 2 fully saturated rings. The first-order valence-corrected chi connectivity index (χ1v) is 13.6. The molecule has 0 bridgehead atoms. The van der Waals surface area contributed by atoms with E-state index in [1.807, 2.05) is 0 Å². The van der Waals surface area contributed by atoms with Gasteiger partial charge in [-0.3, -0.25) is 0 Å². The molecule has 1 saturated carbocycles. The highest BCUT2D eigenvalue weighted by Gasteiger charge is 2.51. The van der Waals surface area contributed by atoms with Crippen LogP contribution in [0, 0.1) is 0 Å². The molecular formula is C24H48N6O10. The van der Waals surface area contributed by atoms with Gasteiger partial charge in [0.05, 0.1) is 44.5 Å². The minimum absolute atomic E-state index is 0.147. The van der Waals surface area contributed by atoms with Crippen LogP contribution < -0.4 is 33.2 Å². The monoisotopic (exact) mass is 580 g/mol. The van der Waals surface area contributed by atoms with Crippen LogP contribution in [0.15, 0.2) is 11.8 Å². The van der Waals surface area contributed by atoms with Gasteiger partial charge in [-0.15, -0.1) is 0 Å². The maximum Gasteiger partial charge on any atom is 0.215 e. The average Bonchev–Trinajstić information content (AvgIpc) is 2.89. The lowest BCUT2D eigenvalue weighted by Gasteiger charge is -2.49. The third-order valence-corrected chi connectivity index (χ3v) is 7.52. The average molecular weight is 581 g/mol. The summed E-state index contributed by atoms with van der Waals surface area (Å²) in [5.74, 6) is 0.524. The van der Waals surface area contributed by atoms with Crippen LogP contribution in [-0.2, 0) is 18.9 Å². The van der Waals surface area contributed by atoms with Gasteiger partial charge in [0.1, 0.15) is 42.0 Å². The largest absolute Gasteiger partial charge is 0.467 e. The molecule has 1 saturated heterocycles. The molecule has 0 amide bonds. The van der Waals surface area contributed by atoms with Crippen molar-refractivity contribution in [3.05, 3.63) is 11.8 Å². The topological polar surface area (TPSA) is 272 Å². The SMILES string of the molecule is CN[C@@H]1[C@@H](O)[C@@H](O[C@H]2[C@H](NC(CO)CO)C[C@H](N)C(O[C@H]3OC(CNCC(N)O)=CC[C@H]3N)[C@@H]2O)OC[C@]1(C)O. The van der Waals surface area contributed by atoms with E-state index in [2.05, 4.69) is 16.0 Å². The highest BCUT2D eigenvalue weighted by molar-refractivity contribution is 5.05. The van der Waals surface area contributed by atoms with E-state index >= 15 is 0 Å². The second kappa shape index (κ2) is 14.9. The summed E-state index contributed by atoms with van der Waals surface area (Å²) >= 11 is 0. The fraction of sp³-hybridized carbons (Fsp3) is 0.917. The lowest BCUT2D eigenvalue weighted by molar-refractivity contribution is -0.304. The van der Waals surface area contributed by atoms with E-state index in [0.29, 0.717) is 12.2 Å². The molecule has 0 aromatic rings. The lowest BCUT2D eigenvalue weighted by Crippen LogP contribution is -2.69. The van der Waals surface area contributed by atoms with Crippen molar-refractivity contribution in [2.24, 2.45) is 17.2 Å². The number of nitrogens with two attached hydrogens (primary N) is 3. The van der Waals surface area contributed by atoms with Crippen molar-refractivity contribution in [2.75, 3.05) is 40.0 Å². The quantitative estimate of drug-likeness (QED) is 0.0904. The third-order valence-electron chi connectivity index (χ3n) is 7.52. The third kappa shape index (κ3) is 8.27. The smallest absolute Gasteiger partial charge is 0.215 e. The summed E-state index contributed by atoms with van der Waals surface area (Å²) in [7, 11) is 1.59. The Bertz CT molecular complexity index is 806. The first kappa shape index (κ1) is 33.4. The van der Waals surface area contributed by atoms with Crippen LogP contribution in [0.1, 0.15) is 19.8 Å². The van der Waals surface area contributed by atoms with Crippen LogP contribution in [0.3, 0.4) is 0 Å². The van der Waals surface area contributed by atoms with Crippen molar-refractivity contribution in [3.63, 3.8) is 0 Å². The summed E-state index contributed by atoms with van der Waals surface area (Å²) in [4.78, 5) is 0. The van der Waals surface area contributed by atoms with Gasteiger partial charge in [-0.1, -0.05) is 0 Å². The van der Waals surface area contributed by atoms with Crippen molar-refractivity contribution in [3.8, 4) is 0 Å². The van der Waals surface area contributed by atoms with Crippen LogP contribution in [0.2, 0.25) is 0 Å². The van der Waals surface area contributed by atoms with Gasteiger partial charge in [0.2, 0.25) is 6.29 Å². The van der Waals surface area contributed by atoms with E-state index in [9.17, 15) is 30.6 Å². The number of hydrogen-bond donors (Lipinski definition) is 12. The molecule has 15 N–H and O–H groups in total. The van der Waals surface area contributed by atoms with E-state index in [4.69, 9.17) is 36.1 Å². The van der Waals surface area contributed by atoms with Gasteiger partial charge < -0.3 is 82.7 Å². The van der Waals surface area contributed by atoms with Gasteiger partial charge in [-0.25, -0.2) is 0 Å². The Hall–Kier alpha value is -1.06. The number of aliphatic hydroxyl groups excluding tert-OH is 5. The molecule has 234 valence electrons. The van der Waals surface area contributed by atoms with Crippen LogP contribution in [-0.4, -0.2) is 150 Å². The summed E-state index contributed by atoms with van der Waals surface area (Å²) < 4.78 is 23.8. The summed E-state index contributed by atoms with van der Waals surface area (Å²) in [5.41, 5.74) is 16.6. The summed E-state index contributed by atoms with van der Waals surface area (Å²) in [6.07, 6.45) is -5.56. The molecule has 2 unspecified atom stereocenters. The van der Waals surface area contributed by atoms with Gasteiger partial charge in [0.15, 0.2) is 6.29 Å². The Kier molecular flexibility index (Phi) is 12.5. The van der Waals surface area contributed by atoms with Crippen molar-refractivity contribution >= 4 is 0 Å². The number of likely N-dealkylation sites (N-methyl/N-ethyl adjacent to an activating group) is 1. The molecule has 16 heteroatoms. The van der Waals surface area contributed by atoms with Crippen LogP contribution >= 0.6 is 0 Å². The predicted octanol–water partition coefficient (Wildman–Crippen LogP) is -5.96.